The Balaban J connectivity index is 1.97. The number of phenols is 1. The molecule has 2 N–H and O–H groups in total. The van der Waals surface area contributed by atoms with E-state index in [0.29, 0.717) is 15.6 Å². The van der Waals surface area contributed by atoms with Crippen LogP contribution in [0.1, 0.15) is 11.1 Å². The number of nitrogens with zero attached hydrogens (tertiary/aromatic N) is 2. The maximum absolute atomic E-state index is 11.8. The number of benzene rings is 2. The zero-order chi connectivity index (χ0) is 17.7. The van der Waals surface area contributed by atoms with Gasteiger partial charge in [0.25, 0.3) is 5.69 Å². The molecule has 1 amide bonds. The van der Waals surface area contributed by atoms with Gasteiger partial charge in [0.2, 0.25) is 5.91 Å². The predicted octanol–water partition coefficient (Wildman–Crippen LogP) is 3.52. The minimum absolute atomic E-state index is 0.00608. The van der Waals surface area contributed by atoms with Crippen LogP contribution in [-0.2, 0) is 11.2 Å². The van der Waals surface area contributed by atoms with Crippen molar-refractivity contribution in [1.82, 2.24) is 5.43 Å². The van der Waals surface area contributed by atoms with Crippen molar-refractivity contribution in [3.63, 3.8) is 0 Å². The van der Waals surface area contributed by atoms with E-state index >= 15 is 0 Å². The van der Waals surface area contributed by atoms with Gasteiger partial charge in [0.1, 0.15) is 5.75 Å². The number of amides is 1. The lowest BCUT2D eigenvalue weighted by Crippen LogP contribution is -2.19. The number of nitro groups is 1. The highest BCUT2D eigenvalue weighted by atomic mass is 79.9. The zero-order valence-corrected chi connectivity index (χ0v) is 15.2. The van der Waals surface area contributed by atoms with Gasteiger partial charge in [-0.05, 0) is 33.6 Å². The van der Waals surface area contributed by atoms with Crippen LogP contribution < -0.4 is 5.43 Å². The maximum Gasteiger partial charge on any atom is 0.269 e. The lowest BCUT2D eigenvalue weighted by atomic mass is 10.1. The van der Waals surface area contributed by atoms with Crippen molar-refractivity contribution in [2.45, 2.75) is 6.42 Å². The highest BCUT2D eigenvalue weighted by Crippen LogP contribution is 2.30. The first-order valence-electron chi connectivity index (χ1n) is 6.60. The molecule has 124 valence electrons. The number of non-ortho nitro benzene ring substituents is 1. The second-order valence-electron chi connectivity index (χ2n) is 4.72. The second-order valence-corrected chi connectivity index (χ2v) is 6.49. The van der Waals surface area contributed by atoms with Gasteiger partial charge in [-0.1, -0.05) is 28.1 Å². The molecule has 0 spiro atoms. The topological polar surface area (TPSA) is 105 Å². The fourth-order valence-electron chi connectivity index (χ4n) is 1.82. The van der Waals surface area contributed by atoms with Crippen LogP contribution in [0.15, 0.2) is 50.4 Å². The maximum atomic E-state index is 11.8. The molecule has 0 radical (unpaired) electrons. The number of rotatable bonds is 5. The number of hydrogen-bond donors (Lipinski definition) is 2. The van der Waals surface area contributed by atoms with Crippen molar-refractivity contribution in [3.8, 4) is 5.75 Å². The monoisotopic (exact) mass is 455 g/mol. The van der Waals surface area contributed by atoms with Gasteiger partial charge in [-0.25, -0.2) is 5.43 Å². The van der Waals surface area contributed by atoms with E-state index < -0.39 is 4.92 Å². The van der Waals surface area contributed by atoms with E-state index in [1.807, 2.05) is 0 Å². The third-order valence-electron chi connectivity index (χ3n) is 2.96. The van der Waals surface area contributed by atoms with E-state index in [2.05, 4.69) is 42.4 Å². The number of phenolic OH excluding ortho intramolecular Hbond substituents is 1. The van der Waals surface area contributed by atoms with Crippen LogP contribution >= 0.6 is 31.9 Å². The summed E-state index contributed by atoms with van der Waals surface area (Å²) < 4.78 is 1.24. The Morgan fingerprint density at radius 1 is 1.29 bits per heavy atom. The van der Waals surface area contributed by atoms with Gasteiger partial charge >= 0.3 is 0 Å². The van der Waals surface area contributed by atoms with Crippen molar-refractivity contribution in [2.75, 3.05) is 0 Å². The van der Waals surface area contributed by atoms with Gasteiger partial charge in [0.05, 0.1) is 22.0 Å². The molecule has 2 aromatic rings. The fourth-order valence-corrected chi connectivity index (χ4v) is 3.08. The Labute approximate surface area is 153 Å². The van der Waals surface area contributed by atoms with Crippen molar-refractivity contribution < 1.29 is 14.8 Å². The van der Waals surface area contributed by atoms with E-state index in [1.165, 1.54) is 30.5 Å². The first kappa shape index (κ1) is 18.1. The molecule has 0 aromatic heterocycles. The summed E-state index contributed by atoms with van der Waals surface area (Å²) in [6.45, 7) is 0. The summed E-state index contributed by atoms with van der Waals surface area (Å²) >= 11 is 6.49. The molecule has 0 saturated heterocycles. The lowest BCUT2D eigenvalue weighted by Gasteiger charge is -2.03. The number of aromatic hydroxyl groups is 1. The van der Waals surface area contributed by atoms with Gasteiger partial charge in [0, 0.05) is 22.2 Å². The van der Waals surface area contributed by atoms with Crippen LogP contribution in [-0.4, -0.2) is 22.2 Å². The molecule has 0 aliphatic carbocycles. The molecular weight excluding hydrogens is 446 g/mol. The second kappa shape index (κ2) is 8.02. The van der Waals surface area contributed by atoms with E-state index in [-0.39, 0.29) is 23.8 Å². The summed E-state index contributed by atoms with van der Waals surface area (Å²) in [6.07, 6.45) is 1.35. The number of halogens is 2. The van der Waals surface area contributed by atoms with Crippen LogP contribution in [0.4, 0.5) is 5.69 Å². The Hall–Kier alpha value is -2.26. The van der Waals surface area contributed by atoms with Gasteiger partial charge in [-0.3, -0.25) is 14.9 Å². The zero-order valence-electron chi connectivity index (χ0n) is 12.1. The highest BCUT2D eigenvalue weighted by molar-refractivity contribution is 9.11. The average molecular weight is 457 g/mol. The fraction of sp³-hybridized carbons (Fsp3) is 0.0667. The number of carbonyl (C=O) groups is 1. The summed E-state index contributed by atoms with van der Waals surface area (Å²) in [6, 6.07) is 9.02. The van der Waals surface area contributed by atoms with E-state index in [1.54, 1.807) is 12.1 Å². The van der Waals surface area contributed by atoms with Gasteiger partial charge in [0.15, 0.2) is 0 Å². The summed E-state index contributed by atoms with van der Waals surface area (Å²) in [5, 5.41) is 24.2. The molecular formula is C15H11Br2N3O4. The van der Waals surface area contributed by atoms with E-state index in [9.17, 15) is 20.0 Å². The van der Waals surface area contributed by atoms with Crippen LogP contribution in [0.5, 0.6) is 5.75 Å². The Morgan fingerprint density at radius 3 is 2.58 bits per heavy atom. The summed E-state index contributed by atoms with van der Waals surface area (Å²) in [5.41, 5.74) is 3.35. The number of hydrazone groups is 1. The number of nitro benzene ring substituents is 1. The molecule has 0 saturated carbocycles. The summed E-state index contributed by atoms with van der Waals surface area (Å²) in [4.78, 5) is 21.9. The quantitative estimate of drug-likeness (QED) is 0.408. The largest absolute Gasteiger partial charge is 0.506 e. The van der Waals surface area contributed by atoms with Crippen LogP contribution in [0.3, 0.4) is 0 Å². The third-order valence-corrected chi connectivity index (χ3v) is 4.02. The lowest BCUT2D eigenvalue weighted by molar-refractivity contribution is -0.384. The molecule has 2 aromatic carbocycles. The number of carbonyl (C=O) groups excluding carboxylic acids is 1. The van der Waals surface area contributed by atoms with Crippen molar-refractivity contribution in [1.29, 1.82) is 0 Å². The van der Waals surface area contributed by atoms with Crippen molar-refractivity contribution >= 4 is 49.7 Å². The molecule has 7 nitrogen and oxygen atoms in total. The Kier molecular flexibility index (Phi) is 6.04. The minimum atomic E-state index is -0.503. The van der Waals surface area contributed by atoms with Crippen molar-refractivity contribution in [2.24, 2.45) is 5.10 Å². The summed E-state index contributed by atoms with van der Waals surface area (Å²) in [7, 11) is 0. The molecule has 24 heavy (non-hydrogen) atoms. The van der Waals surface area contributed by atoms with Crippen molar-refractivity contribution in [3.05, 3.63) is 66.6 Å². The average Bonchev–Trinajstić information content (AvgIpc) is 2.52. The first-order chi connectivity index (χ1) is 11.4. The van der Waals surface area contributed by atoms with Crippen LogP contribution in [0.2, 0.25) is 0 Å². The smallest absolute Gasteiger partial charge is 0.269 e. The Morgan fingerprint density at radius 2 is 1.96 bits per heavy atom. The van der Waals surface area contributed by atoms with Gasteiger partial charge in [-0.2, -0.15) is 5.10 Å². The number of hydrogen-bond acceptors (Lipinski definition) is 5. The van der Waals surface area contributed by atoms with Gasteiger partial charge < -0.3 is 5.11 Å². The molecule has 0 bridgehead atoms. The molecule has 0 unspecified atom stereocenters. The molecule has 0 aliphatic heterocycles. The molecule has 0 aliphatic rings. The molecule has 0 atom stereocenters. The van der Waals surface area contributed by atoms with E-state index in [0.717, 1.165) is 4.47 Å². The molecule has 2 rings (SSSR count). The molecule has 0 heterocycles. The normalized spacial score (nSPS) is 10.8. The third kappa shape index (κ3) is 4.87. The molecule has 0 fully saturated rings. The van der Waals surface area contributed by atoms with Crippen LogP contribution in [0, 0.1) is 10.1 Å². The van der Waals surface area contributed by atoms with E-state index in [4.69, 9.17) is 0 Å². The van der Waals surface area contributed by atoms with Crippen LogP contribution in [0.25, 0.3) is 0 Å². The SMILES string of the molecule is O=C(Cc1ccc([N+](=O)[O-])cc1)N/N=C\c1cc(Br)cc(Br)c1O. The Bertz CT molecular complexity index is 807. The minimum Gasteiger partial charge on any atom is -0.506 e. The number of nitrogens with one attached hydrogen (secondary N) is 1. The molecule has 9 heteroatoms. The summed E-state index contributed by atoms with van der Waals surface area (Å²) in [5.74, 6) is -0.375. The first-order valence-corrected chi connectivity index (χ1v) is 8.18. The standard InChI is InChI=1S/C15H11Br2N3O4/c16-11-6-10(15(22)13(17)7-11)8-18-19-14(21)5-9-1-3-12(4-2-9)20(23)24/h1-4,6-8,22H,5H2,(H,19,21)/b18-8-. The predicted molar refractivity (Wildman–Crippen MR) is 96.0 cm³/mol. The highest BCUT2D eigenvalue weighted by Gasteiger charge is 2.08. The van der Waals surface area contributed by atoms with Gasteiger partial charge in [-0.15, -0.1) is 0 Å².